The molecular weight excluding hydrogens is 50.0 g/mol. The minimum atomic E-state index is 0.736. The summed E-state index contributed by atoms with van der Waals surface area (Å²) >= 11 is 0. The van der Waals surface area contributed by atoms with Gasteiger partial charge in [0.25, 0.3) is 0 Å². The second-order valence-corrected chi connectivity index (χ2v) is 0.530. The van der Waals surface area contributed by atoms with Crippen molar-refractivity contribution >= 4 is 6.21 Å². The summed E-state index contributed by atoms with van der Waals surface area (Å²) in [5, 5.41) is 6.20. The van der Waals surface area contributed by atoms with Gasteiger partial charge in [0, 0.05) is 0 Å². The van der Waals surface area contributed by atoms with Crippen LogP contribution in [0, 0.1) is 5.41 Å². The summed E-state index contributed by atoms with van der Waals surface area (Å²) in [5.74, 6) is 0. The molecule has 0 aromatic carbocycles. The van der Waals surface area contributed by atoms with E-state index in [0.29, 0.717) is 0 Å². The molecule has 1 N–H and O–H groups in total. The van der Waals surface area contributed by atoms with E-state index in [4.69, 9.17) is 5.41 Å². The van der Waals surface area contributed by atoms with E-state index in [2.05, 4.69) is 6.21 Å². The average molecular weight is 56.1 g/mol. The highest BCUT2D eigenvalue weighted by molar-refractivity contribution is 5.51. The SMILES string of the molecule is CC[C]=N. The monoisotopic (exact) mass is 56.1 g/mol. The zero-order chi connectivity index (χ0) is 3.41. The van der Waals surface area contributed by atoms with Crippen LogP contribution in [0.25, 0.3) is 0 Å². The van der Waals surface area contributed by atoms with Crippen molar-refractivity contribution < 1.29 is 0 Å². The Kier molecular flexibility index (Phi) is 2.45. The molecule has 0 bridgehead atoms. The highest BCUT2D eigenvalue weighted by Crippen LogP contribution is 1.54. The fourth-order valence-electron chi connectivity index (χ4n) is 0. The Balaban J connectivity index is 2.30. The Morgan fingerprint density at radius 1 is 2.00 bits per heavy atom. The lowest BCUT2D eigenvalue weighted by Gasteiger charge is -1.54. The highest BCUT2D eigenvalue weighted by atomic mass is 14.3. The third-order valence-corrected chi connectivity index (χ3v) is 0.177. The lowest BCUT2D eigenvalue weighted by Crippen LogP contribution is -1.52. The Morgan fingerprint density at radius 3 is 2.25 bits per heavy atom. The Labute approximate surface area is 26.2 Å². The van der Waals surface area contributed by atoms with Gasteiger partial charge < -0.3 is 5.41 Å². The van der Waals surface area contributed by atoms with Crippen molar-refractivity contribution in [2.24, 2.45) is 0 Å². The van der Waals surface area contributed by atoms with Gasteiger partial charge in [-0.25, -0.2) is 0 Å². The Morgan fingerprint density at radius 2 is 2.25 bits per heavy atom. The van der Waals surface area contributed by atoms with E-state index in [1.54, 1.807) is 0 Å². The predicted molar refractivity (Wildman–Crippen MR) is 18.0 cm³/mol. The predicted octanol–water partition coefficient (Wildman–Crippen LogP) is 0.923. The van der Waals surface area contributed by atoms with Crippen LogP contribution in [0.5, 0.6) is 0 Å². The van der Waals surface area contributed by atoms with E-state index in [-0.39, 0.29) is 0 Å². The fourth-order valence-corrected chi connectivity index (χ4v) is 0. The molecule has 23 valence electrons. The van der Waals surface area contributed by atoms with Gasteiger partial charge in [-0.3, -0.25) is 0 Å². The maximum Gasteiger partial charge on any atom is 0.0518 e. The molecular formula is C3H6N. The summed E-state index contributed by atoms with van der Waals surface area (Å²) in [7, 11) is 0. The van der Waals surface area contributed by atoms with Gasteiger partial charge in [-0.15, -0.1) is 0 Å². The largest absolute Gasteiger partial charge is 0.303 e. The minimum Gasteiger partial charge on any atom is -0.303 e. The maximum atomic E-state index is 6.20. The van der Waals surface area contributed by atoms with Crippen LogP contribution in [0.2, 0.25) is 0 Å². The van der Waals surface area contributed by atoms with E-state index >= 15 is 0 Å². The van der Waals surface area contributed by atoms with Crippen molar-refractivity contribution in [3.63, 3.8) is 0 Å². The van der Waals surface area contributed by atoms with Crippen molar-refractivity contribution in [1.29, 1.82) is 5.41 Å². The number of rotatable bonds is 1. The molecule has 0 amide bonds. The third kappa shape index (κ3) is 1.67. The first kappa shape index (κ1) is 3.67. The summed E-state index contributed by atoms with van der Waals surface area (Å²) in [4.78, 5) is 0. The van der Waals surface area contributed by atoms with Crippen LogP contribution in [0.3, 0.4) is 0 Å². The minimum absolute atomic E-state index is 0.736. The Bertz CT molecular complexity index is 17.2. The first-order chi connectivity index (χ1) is 1.91. The molecule has 0 aromatic heterocycles. The molecule has 0 aliphatic carbocycles. The fraction of sp³-hybridized carbons (Fsp3) is 0.667. The van der Waals surface area contributed by atoms with Crippen LogP contribution >= 0.6 is 0 Å². The summed E-state index contributed by atoms with van der Waals surface area (Å²) in [5.41, 5.74) is 0. The van der Waals surface area contributed by atoms with Crippen LogP contribution in [-0.2, 0) is 0 Å². The van der Waals surface area contributed by atoms with E-state index in [9.17, 15) is 0 Å². The molecule has 0 unspecified atom stereocenters. The van der Waals surface area contributed by atoms with Crippen molar-refractivity contribution in [2.45, 2.75) is 13.3 Å². The zero-order valence-electron chi connectivity index (χ0n) is 2.71. The normalized spacial score (nSPS) is 6.25. The molecule has 0 atom stereocenters. The van der Waals surface area contributed by atoms with Crippen LogP contribution in [0.15, 0.2) is 0 Å². The smallest absolute Gasteiger partial charge is 0.0518 e. The van der Waals surface area contributed by atoms with E-state index < -0.39 is 0 Å². The van der Waals surface area contributed by atoms with Gasteiger partial charge in [0.2, 0.25) is 0 Å². The summed E-state index contributed by atoms with van der Waals surface area (Å²) in [6, 6.07) is 0. The zero-order valence-corrected chi connectivity index (χ0v) is 2.71. The molecule has 0 aliphatic heterocycles. The molecule has 0 spiro atoms. The molecule has 1 heteroatoms. The van der Waals surface area contributed by atoms with Crippen molar-refractivity contribution in [3.05, 3.63) is 0 Å². The average Bonchev–Trinajstić information content (AvgIpc) is 1.37. The standard InChI is InChI=1S/C3H6N/c1-2-3-4/h4H,2H2,1H3. The van der Waals surface area contributed by atoms with Gasteiger partial charge in [0.15, 0.2) is 0 Å². The lowest BCUT2D eigenvalue weighted by molar-refractivity contribution is 1.30. The quantitative estimate of drug-likeness (QED) is 0.432. The van der Waals surface area contributed by atoms with Crippen LogP contribution < -0.4 is 0 Å². The molecule has 4 heavy (non-hydrogen) atoms. The highest BCUT2D eigenvalue weighted by Gasteiger charge is 1.49. The number of hydrogen-bond donors (Lipinski definition) is 1. The first-order valence-electron chi connectivity index (χ1n) is 1.31. The summed E-state index contributed by atoms with van der Waals surface area (Å²) in [6.45, 7) is 1.88. The van der Waals surface area contributed by atoms with Gasteiger partial charge in [-0.1, -0.05) is 6.92 Å². The van der Waals surface area contributed by atoms with E-state index in [1.165, 1.54) is 0 Å². The van der Waals surface area contributed by atoms with Gasteiger partial charge in [0.1, 0.15) is 0 Å². The van der Waals surface area contributed by atoms with E-state index in [0.717, 1.165) is 6.42 Å². The second-order valence-electron chi connectivity index (χ2n) is 0.530. The summed E-state index contributed by atoms with van der Waals surface area (Å²) in [6.07, 6.45) is 2.92. The maximum absolute atomic E-state index is 6.20. The van der Waals surface area contributed by atoms with Crippen molar-refractivity contribution in [3.8, 4) is 0 Å². The molecule has 0 aliphatic rings. The van der Waals surface area contributed by atoms with Crippen LogP contribution in [-0.4, -0.2) is 6.21 Å². The van der Waals surface area contributed by atoms with Crippen molar-refractivity contribution in [1.82, 2.24) is 0 Å². The first-order valence-corrected chi connectivity index (χ1v) is 1.31. The third-order valence-electron chi connectivity index (χ3n) is 0.177. The Hall–Kier alpha value is -0.330. The summed E-state index contributed by atoms with van der Waals surface area (Å²) < 4.78 is 0. The number of nitrogens with one attached hydrogen (secondary N) is 1. The number of hydrogen-bond acceptors (Lipinski definition) is 1. The molecule has 0 heterocycles. The lowest BCUT2D eigenvalue weighted by atomic mass is 10.6. The molecule has 0 rings (SSSR count). The van der Waals surface area contributed by atoms with E-state index in [1.807, 2.05) is 6.92 Å². The van der Waals surface area contributed by atoms with Crippen LogP contribution in [0.4, 0.5) is 0 Å². The second kappa shape index (κ2) is 2.67. The molecule has 1 nitrogen and oxygen atoms in total. The molecule has 0 saturated heterocycles. The van der Waals surface area contributed by atoms with Gasteiger partial charge in [-0.2, -0.15) is 0 Å². The van der Waals surface area contributed by atoms with Gasteiger partial charge >= 0.3 is 0 Å². The molecule has 0 fully saturated rings. The molecule has 1 radical (unpaired) electrons. The van der Waals surface area contributed by atoms with Crippen molar-refractivity contribution in [2.75, 3.05) is 0 Å². The van der Waals surface area contributed by atoms with Gasteiger partial charge in [-0.05, 0) is 6.42 Å². The van der Waals surface area contributed by atoms with Crippen LogP contribution in [0.1, 0.15) is 13.3 Å². The topological polar surface area (TPSA) is 23.9 Å². The van der Waals surface area contributed by atoms with Gasteiger partial charge in [0.05, 0.1) is 6.21 Å². The molecule has 0 saturated carbocycles. The molecule has 0 aromatic rings.